The zero-order valence-corrected chi connectivity index (χ0v) is 12.0. The molecule has 1 N–H and O–H groups in total. The lowest BCUT2D eigenvalue weighted by Gasteiger charge is -2.31. The lowest BCUT2D eigenvalue weighted by molar-refractivity contribution is -0.122. The summed E-state index contributed by atoms with van der Waals surface area (Å²) >= 11 is 0. The fourth-order valence-electron chi connectivity index (χ4n) is 3.06. The minimum atomic E-state index is 0.0475. The minimum absolute atomic E-state index is 0.0475. The number of hydrogen-bond donors (Lipinski definition) is 1. The molecule has 2 heterocycles. The second-order valence-corrected chi connectivity index (χ2v) is 5.55. The summed E-state index contributed by atoms with van der Waals surface area (Å²) in [6, 6.07) is 7.58. The van der Waals surface area contributed by atoms with E-state index in [-0.39, 0.29) is 12.0 Å². The highest BCUT2D eigenvalue weighted by molar-refractivity contribution is 6.11. The van der Waals surface area contributed by atoms with Gasteiger partial charge in [-0.1, -0.05) is 23.4 Å². The summed E-state index contributed by atoms with van der Waals surface area (Å²) in [6.45, 7) is 1.32. The molecule has 3 rings (SSSR count). The molecular formula is C16H20N2O3. The van der Waals surface area contributed by atoms with Crippen LogP contribution in [0.2, 0.25) is 0 Å². The Morgan fingerprint density at radius 2 is 2.24 bits per heavy atom. The van der Waals surface area contributed by atoms with Gasteiger partial charge in [-0.3, -0.25) is 4.79 Å². The van der Waals surface area contributed by atoms with Crippen LogP contribution in [0.15, 0.2) is 29.4 Å². The maximum absolute atomic E-state index is 12.6. The number of nitrogens with zero attached hydrogens (tertiary/aromatic N) is 2. The first-order valence-electron chi connectivity index (χ1n) is 7.52. The van der Waals surface area contributed by atoms with Crippen molar-refractivity contribution in [2.24, 2.45) is 5.16 Å². The first kappa shape index (κ1) is 14.1. The Bertz CT molecular complexity index is 550. The van der Waals surface area contributed by atoms with Crippen molar-refractivity contribution in [1.29, 1.82) is 0 Å². The van der Waals surface area contributed by atoms with Gasteiger partial charge in [-0.2, -0.15) is 0 Å². The fraction of sp³-hybridized carbons (Fsp3) is 0.500. The molecule has 21 heavy (non-hydrogen) atoms. The summed E-state index contributed by atoms with van der Waals surface area (Å²) in [7, 11) is 0. The Morgan fingerprint density at radius 1 is 1.38 bits per heavy atom. The van der Waals surface area contributed by atoms with E-state index in [0.717, 1.165) is 37.1 Å². The van der Waals surface area contributed by atoms with E-state index in [0.29, 0.717) is 25.1 Å². The molecule has 1 saturated heterocycles. The maximum Gasteiger partial charge on any atom is 0.229 e. The number of hydrogen-bond acceptors (Lipinski definition) is 4. The third kappa shape index (κ3) is 2.93. The van der Waals surface area contributed by atoms with Crippen LogP contribution >= 0.6 is 0 Å². The summed E-state index contributed by atoms with van der Waals surface area (Å²) < 4.78 is 5.66. The molecule has 0 bridgehead atoms. The van der Waals surface area contributed by atoms with Gasteiger partial charge in [0, 0.05) is 25.1 Å². The van der Waals surface area contributed by atoms with Gasteiger partial charge in [0.1, 0.15) is 0 Å². The number of oxime groups is 1. The maximum atomic E-state index is 12.6. The first-order valence-corrected chi connectivity index (χ1v) is 7.52. The third-order valence-corrected chi connectivity index (χ3v) is 4.18. The Morgan fingerprint density at radius 3 is 3.00 bits per heavy atom. The molecule has 5 nitrogen and oxygen atoms in total. The van der Waals surface area contributed by atoms with Crippen molar-refractivity contribution < 1.29 is 14.7 Å². The van der Waals surface area contributed by atoms with Gasteiger partial charge in [0.2, 0.25) is 5.91 Å². The highest BCUT2D eigenvalue weighted by Crippen LogP contribution is 2.28. The van der Waals surface area contributed by atoms with Crippen LogP contribution in [0, 0.1) is 0 Å². The SMILES string of the molecule is O=C(CC1CCCCO1)N1CC/C(=N/O)c2ccccc21. The third-order valence-electron chi connectivity index (χ3n) is 4.18. The Balaban J connectivity index is 1.77. The summed E-state index contributed by atoms with van der Waals surface area (Å²) in [4.78, 5) is 14.4. The minimum Gasteiger partial charge on any atom is -0.411 e. The quantitative estimate of drug-likeness (QED) is 0.672. The smallest absolute Gasteiger partial charge is 0.229 e. The van der Waals surface area contributed by atoms with Crippen molar-refractivity contribution in [2.75, 3.05) is 18.1 Å². The highest BCUT2D eigenvalue weighted by Gasteiger charge is 2.28. The number of ether oxygens (including phenoxy) is 1. The Labute approximate surface area is 124 Å². The molecule has 1 aromatic rings. The molecule has 0 spiro atoms. The van der Waals surface area contributed by atoms with Crippen molar-refractivity contribution in [2.45, 2.75) is 38.2 Å². The van der Waals surface area contributed by atoms with Gasteiger partial charge in [0.15, 0.2) is 0 Å². The largest absolute Gasteiger partial charge is 0.411 e. The predicted molar refractivity (Wildman–Crippen MR) is 79.9 cm³/mol. The van der Waals surface area contributed by atoms with Crippen LogP contribution in [-0.2, 0) is 9.53 Å². The molecule has 0 aliphatic carbocycles. The fourth-order valence-corrected chi connectivity index (χ4v) is 3.06. The van der Waals surface area contributed by atoms with Gasteiger partial charge in [-0.05, 0) is 25.3 Å². The van der Waals surface area contributed by atoms with Crippen LogP contribution in [0.5, 0.6) is 0 Å². The second kappa shape index (κ2) is 6.26. The zero-order chi connectivity index (χ0) is 14.7. The molecule has 1 aromatic carbocycles. The van der Waals surface area contributed by atoms with Gasteiger partial charge in [-0.25, -0.2) is 0 Å². The van der Waals surface area contributed by atoms with Crippen LogP contribution in [0.4, 0.5) is 5.69 Å². The van der Waals surface area contributed by atoms with Gasteiger partial charge >= 0.3 is 0 Å². The second-order valence-electron chi connectivity index (χ2n) is 5.55. The number of fused-ring (bicyclic) bond motifs is 1. The monoisotopic (exact) mass is 288 g/mol. The van der Waals surface area contributed by atoms with Crippen LogP contribution < -0.4 is 4.90 Å². The number of anilines is 1. The summed E-state index contributed by atoms with van der Waals surface area (Å²) in [6.07, 6.45) is 4.24. The molecule has 112 valence electrons. The normalized spacial score (nSPS) is 23.9. The number of carbonyl (C=O) groups is 1. The van der Waals surface area contributed by atoms with Crippen LogP contribution in [0.3, 0.4) is 0 Å². The molecule has 1 fully saturated rings. The van der Waals surface area contributed by atoms with Crippen LogP contribution in [-0.4, -0.2) is 36.1 Å². The predicted octanol–water partition coefficient (Wildman–Crippen LogP) is 2.56. The van der Waals surface area contributed by atoms with Gasteiger partial charge in [0.05, 0.1) is 23.9 Å². The number of para-hydroxylation sites is 1. The molecule has 2 aliphatic rings. The lowest BCUT2D eigenvalue weighted by atomic mass is 9.98. The van der Waals surface area contributed by atoms with Crippen molar-refractivity contribution in [1.82, 2.24) is 0 Å². The van der Waals surface area contributed by atoms with E-state index in [9.17, 15) is 4.79 Å². The molecule has 5 heteroatoms. The van der Waals surface area contributed by atoms with Crippen molar-refractivity contribution in [3.05, 3.63) is 29.8 Å². The number of benzene rings is 1. The van der Waals surface area contributed by atoms with E-state index >= 15 is 0 Å². The summed E-state index contributed by atoms with van der Waals surface area (Å²) in [5.74, 6) is 0.0892. The number of amides is 1. The molecule has 0 radical (unpaired) electrons. The molecule has 1 unspecified atom stereocenters. The van der Waals surface area contributed by atoms with Crippen molar-refractivity contribution in [3.8, 4) is 0 Å². The molecule has 2 aliphatic heterocycles. The van der Waals surface area contributed by atoms with Crippen molar-refractivity contribution >= 4 is 17.3 Å². The van der Waals surface area contributed by atoms with Crippen LogP contribution in [0.25, 0.3) is 0 Å². The van der Waals surface area contributed by atoms with E-state index < -0.39 is 0 Å². The summed E-state index contributed by atoms with van der Waals surface area (Å²) in [5, 5.41) is 12.4. The van der Waals surface area contributed by atoms with Gasteiger partial charge < -0.3 is 14.8 Å². The number of rotatable bonds is 2. The molecule has 1 atom stereocenters. The van der Waals surface area contributed by atoms with Crippen molar-refractivity contribution in [3.63, 3.8) is 0 Å². The molecule has 0 aromatic heterocycles. The van der Waals surface area contributed by atoms with Crippen LogP contribution in [0.1, 0.15) is 37.7 Å². The molecule has 1 amide bonds. The lowest BCUT2D eigenvalue weighted by Crippen LogP contribution is -2.39. The highest BCUT2D eigenvalue weighted by atomic mass is 16.5. The topological polar surface area (TPSA) is 62.1 Å². The molecular weight excluding hydrogens is 268 g/mol. The summed E-state index contributed by atoms with van der Waals surface area (Å²) in [5.41, 5.74) is 2.31. The molecule has 0 saturated carbocycles. The standard InChI is InChI=1S/C16H20N2O3/c19-16(11-12-5-3-4-10-21-12)18-9-8-14(17-20)13-6-1-2-7-15(13)18/h1-2,6-7,12,20H,3-5,8-11H2/b17-14-. The van der Waals surface area contributed by atoms with E-state index in [1.165, 1.54) is 0 Å². The Kier molecular flexibility index (Phi) is 4.20. The first-order chi connectivity index (χ1) is 10.3. The van der Waals surface area contributed by atoms with E-state index in [2.05, 4.69) is 5.16 Å². The van der Waals surface area contributed by atoms with E-state index in [1.54, 1.807) is 4.90 Å². The average Bonchev–Trinajstić information content (AvgIpc) is 2.54. The van der Waals surface area contributed by atoms with Gasteiger partial charge in [-0.15, -0.1) is 0 Å². The van der Waals surface area contributed by atoms with E-state index in [4.69, 9.17) is 9.94 Å². The zero-order valence-electron chi connectivity index (χ0n) is 12.0. The Hall–Kier alpha value is -1.88. The average molecular weight is 288 g/mol. The van der Waals surface area contributed by atoms with Gasteiger partial charge in [0.25, 0.3) is 0 Å². The van der Waals surface area contributed by atoms with E-state index in [1.807, 2.05) is 24.3 Å². The number of carbonyl (C=O) groups excluding carboxylic acids is 1.